The van der Waals surface area contributed by atoms with Crippen LogP contribution in [0.4, 0.5) is 9.59 Å². The average molecular weight is 346 g/mol. The van der Waals surface area contributed by atoms with Crippen LogP contribution in [0, 0.1) is 13.8 Å². The van der Waals surface area contributed by atoms with Gasteiger partial charge < -0.3 is 18.9 Å². The number of methoxy groups -OCH3 is 1. The van der Waals surface area contributed by atoms with Gasteiger partial charge in [-0.2, -0.15) is 0 Å². The van der Waals surface area contributed by atoms with E-state index < -0.39 is 12.3 Å². The third-order valence-corrected chi connectivity index (χ3v) is 2.87. The molecule has 0 saturated heterocycles. The number of benzene rings is 2. The number of ether oxygens (including phenoxy) is 4. The number of aryl methyl sites for hydroxylation is 2. The highest BCUT2D eigenvalue weighted by atomic mass is 16.7. The first kappa shape index (κ1) is 20.0. The van der Waals surface area contributed by atoms with Gasteiger partial charge in [0.25, 0.3) is 0 Å². The zero-order valence-electron chi connectivity index (χ0n) is 14.8. The van der Waals surface area contributed by atoms with Gasteiger partial charge in [0.1, 0.15) is 11.5 Å². The SMILES string of the molecule is CCOC(=O)Oc1ccc(C)cc1.COC(=O)Oc1ccc(C)cc1. The van der Waals surface area contributed by atoms with E-state index >= 15 is 0 Å². The first-order valence-electron chi connectivity index (χ1n) is 7.68. The Kier molecular flexibility index (Phi) is 8.57. The summed E-state index contributed by atoms with van der Waals surface area (Å²) in [7, 11) is 1.27. The van der Waals surface area contributed by atoms with Crippen LogP contribution in [0.15, 0.2) is 48.5 Å². The number of carbonyl (C=O) groups is 2. The Hall–Kier alpha value is -3.02. The second kappa shape index (κ2) is 10.7. The lowest BCUT2D eigenvalue weighted by molar-refractivity contribution is 0.104. The highest BCUT2D eigenvalue weighted by Gasteiger charge is 2.03. The Labute approximate surface area is 147 Å². The minimum absolute atomic E-state index is 0.324. The van der Waals surface area contributed by atoms with E-state index in [1.807, 2.05) is 38.1 Å². The molecule has 2 aromatic rings. The summed E-state index contributed by atoms with van der Waals surface area (Å²) < 4.78 is 18.5. The number of hydrogen-bond acceptors (Lipinski definition) is 6. The van der Waals surface area contributed by atoms with Crippen LogP contribution < -0.4 is 9.47 Å². The Morgan fingerprint density at radius 1 is 0.760 bits per heavy atom. The summed E-state index contributed by atoms with van der Waals surface area (Å²) in [5.41, 5.74) is 2.24. The van der Waals surface area contributed by atoms with Crippen LogP contribution in [0.1, 0.15) is 18.1 Å². The van der Waals surface area contributed by atoms with Gasteiger partial charge in [0.2, 0.25) is 0 Å². The van der Waals surface area contributed by atoms with E-state index in [1.165, 1.54) is 7.11 Å². The fourth-order valence-electron chi connectivity index (χ4n) is 1.59. The van der Waals surface area contributed by atoms with Gasteiger partial charge in [0.15, 0.2) is 0 Å². The second-order valence-corrected chi connectivity index (χ2v) is 4.97. The van der Waals surface area contributed by atoms with Crippen molar-refractivity contribution >= 4 is 12.3 Å². The summed E-state index contributed by atoms with van der Waals surface area (Å²) in [6.07, 6.45) is -1.36. The first-order chi connectivity index (χ1) is 11.9. The van der Waals surface area contributed by atoms with Crippen LogP contribution in [0.25, 0.3) is 0 Å². The van der Waals surface area contributed by atoms with Crippen molar-refractivity contribution < 1.29 is 28.5 Å². The van der Waals surface area contributed by atoms with E-state index in [2.05, 4.69) is 9.47 Å². The Morgan fingerprint density at radius 2 is 1.16 bits per heavy atom. The van der Waals surface area contributed by atoms with Crippen molar-refractivity contribution in [2.45, 2.75) is 20.8 Å². The minimum atomic E-state index is -0.696. The van der Waals surface area contributed by atoms with E-state index in [1.54, 1.807) is 31.2 Å². The van der Waals surface area contributed by atoms with Crippen molar-refractivity contribution in [1.29, 1.82) is 0 Å². The summed E-state index contributed by atoms with van der Waals surface area (Å²) in [6.45, 7) is 5.98. The van der Waals surface area contributed by atoms with Gasteiger partial charge in [-0.15, -0.1) is 0 Å². The van der Waals surface area contributed by atoms with E-state index in [9.17, 15) is 9.59 Å². The van der Waals surface area contributed by atoms with Gasteiger partial charge in [-0.05, 0) is 45.0 Å². The average Bonchev–Trinajstić information content (AvgIpc) is 2.60. The van der Waals surface area contributed by atoms with Crippen molar-refractivity contribution in [3.8, 4) is 11.5 Å². The van der Waals surface area contributed by atoms with Crippen LogP contribution in [0.2, 0.25) is 0 Å². The summed E-state index contributed by atoms with van der Waals surface area (Å²) in [6, 6.07) is 14.3. The lowest BCUT2D eigenvalue weighted by Gasteiger charge is -2.03. The van der Waals surface area contributed by atoms with E-state index in [4.69, 9.17) is 9.47 Å². The molecule has 0 saturated carbocycles. The molecule has 25 heavy (non-hydrogen) atoms. The highest BCUT2D eigenvalue weighted by Crippen LogP contribution is 2.12. The monoisotopic (exact) mass is 346 g/mol. The molecule has 6 nitrogen and oxygen atoms in total. The summed E-state index contributed by atoms with van der Waals surface area (Å²) in [4.78, 5) is 21.5. The fraction of sp³-hybridized carbons (Fsp3) is 0.263. The van der Waals surface area contributed by atoms with Crippen LogP contribution in [-0.2, 0) is 9.47 Å². The maximum atomic E-state index is 10.9. The summed E-state index contributed by atoms with van der Waals surface area (Å²) in [5, 5.41) is 0. The number of hydrogen-bond donors (Lipinski definition) is 0. The minimum Gasteiger partial charge on any atom is -0.437 e. The molecular weight excluding hydrogens is 324 g/mol. The Balaban J connectivity index is 0.000000251. The molecule has 0 unspecified atom stereocenters. The quantitative estimate of drug-likeness (QED) is 0.594. The van der Waals surface area contributed by atoms with Gasteiger partial charge in [0.05, 0.1) is 13.7 Å². The van der Waals surface area contributed by atoms with Crippen LogP contribution in [0.3, 0.4) is 0 Å². The molecule has 134 valence electrons. The molecule has 0 atom stereocenters. The van der Waals surface area contributed by atoms with Gasteiger partial charge in [-0.25, -0.2) is 9.59 Å². The third kappa shape index (κ3) is 8.41. The van der Waals surface area contributed by atoms with Crippen molar-refractivity contribution in [3.63, 3.8) is 0 Å². The van der Waals surface area contributed by atoms with Gasteiger partial charge in [0, 0.05) is 0 Å². The Bertz CT molecular complexity index is 661. The zero-order valence-corrected chi connectivity index (χ0v) is 14.8. The molecule has 0 heterocycles. The lowest BCUT2D eigenvalue weighted by Crippen LogP contribution is -2.09. The molecule has 0 aliphatic rings. The molecule has 0 aliphatic carbocycles. The molecular formula is C19H22O6. The van der Waals surface area contributed by atoms with Gasteiger partial charge in [-0.1, -0.05) is 35.4 Å². The molecule has 0 aromatic heterocycles. The molecule has 0 bridgehead atoms. The second-order valence-electron chi connectivity index (χ2n) is 4.97. The van der Waals surface area contributed by atoms with Crippen molar-refractivity contribution in [2.24, 2.45) is 0 Å². The molecule has 0 radical (unpaired) electrons. The van der Waals surface area contributed by atoms with Gasteiger partial charge in [-0.3, -0.25) is 0 Å². The topological polar surface area (TPSA) is 71.1 Å². The lowest BCUT2D eigenvalue weighted by atomic mass is 10.2. The first-order valence-corrected chi connectivity index (χ1v) is 7.68. The summed E-state index contributed by atoms with van der Waals surface area (Å²) >= 11 is 0. The molecule has 2 aromatic carbocycles. The van der Waals surface area contributed by atoms with Crippen LogP contribution in [0.5, 0.6) is 11.5 Å². The number of carbonyl (C=O) groups excluding carboxylic acids is 2. The fourth-order valence-corrected chi connectivity index (χ4v) is 1.59. The smallest absolute Gasteiger partial charge is 0.437 e. The number of rotatable bonds is 3. The maximum absolute atomic E-state index is 10.9. The predicted molar refractivity (Wildman–Crippen MR) is 93.0 cm³/mol. The third-order valence-electron chi connectivity index (χ3n) is 2.87. The standard InChI is InChI=1S/C10H12O3.C9H10O3/c1-3-12-10(11)13-9-6-4-8(2)5-7-9;1-7-3-5-8(6-4-7)12-9(10)11-2/h4-7H,3H2,1-2H3;3-6H,1-2H3. The predicted octanol–water partition coefficient (Wildman–Crippen LogP) is 4.67. The van der Waals surface area contributed by atoms with E-state index in [-0.39, 0.29) is 0 Å². The normalized spacial score (nSPS) is 9.28. The Morgan fingerprint density at radius 3 is 1.52 bits per heavy atom. The molecule has 0 amide bonds. The van der Waals surface area contributed by atoms with E-state index in [0.717, 1.165) is 11.1 Å². The molecule has 0 N–H and O–H groups in total. The highest BCUT2D eigenvalue weighted by molar-refractivity contribution is 5.64. The molecule has 0 spiro atoms. The molecule has 0 fully saturated rings. The van der Waals surface area contributed by atoms with Crippen molar-refractivity contribution in [1.82, 2.24) is 0 Å². The van der Waals surface area contributed by atoms with E-state index in [0.29, 0.717) is 18.1 Å². The van der Waals surface area contributed by atoms with Crippen LogP contribution in [-0.4, -0.2) is 26.0 Å². The molecule has 2 rings (SSSR count). The van der Waals surface area contributed by atoms with Crippen molar-refractivity contribution in [2.75, 3.05) is 13.7 Å². The molecule has 0 aliphatic heterocycles. The van der Waals surface area contributed by atoms with Gasteiger partial charge >= 0.3 is 12.3 Å². The zero-order chi connectivity index (χ0) is 18.7. The maximum Gasteiger partial charge on any atom is 0.513 e. The largest absolute Gasteiger partial charge is 0.513 e. The van der Waals surface area contributed by atoms with Crippen LogP contribution >= 0.6 is 0 Å². The van der Waals surface area contributed by atoms with Crippen molar-refractivity contribution in [3.05, 3.63) is 59.7 Å². The summed E-state index contributed by atoms with van der Waals surface area (Å²) in [5.74, 6) is 0.997. The molecule has 6 heteroatoms.